The maximum Gasteiger partial charge on any atom is 0.257 e. The highest BCUT2D eigenvalue weighted by atomic mass is 16.5. The number of rotatable bonds is 7. The van der Waals surface area contributed by atoms with E-state index in [1.165, 1.54) is 24.0 Å². The first-order chi connectivity index (χ1) is 9.65. The third-order valence-electron chi connectivity index (χ3n) is 3.54. The smallest absolute Gasteiger partial charge is 0.257 e. The average molecular weight is 276 g/mol. The van der Waals surface area contributed by atoms with Crippen LogP contribution in [0.4, 0.5) is 0 Å². The van der Waals surface area contributed by atoms with E-state index in [0.29, 0.717) is 6.54 Å². The molecule has 1 N–H and O–H groups in total. The van der Waals surface area contributed by atoms with Gasteiger partial charge in [0.25, 0.3) is 5.91 Å². The van der Waals surface area contributed by atoms with E-state index < -0.39 is 0 Å². The van der Waals surface area contributed by atoms with E-state index in [1.807, 2.05) is 20.2 Å². The molecule has 2 rings (SSSR count). The fraction of sp³-hybridized carbons (Fsp3) is 0.562. The second-order valence-corrected chi connectivity index (χ2v) is 5.58. The van der Waals surface area contributed by atoms with Gasteiger partial charge in [-0.3, -0.25) is 4.79 Å². The largest absolute Gasteiger partial charge is 0.484 e. The maximum atomic E-state index is 11.6. The summed E-state index contributed by atoms with van der Waals surface area (Å²) in [4.78, 5) is 13.7. The summed E-state index contributed by atoms with van der Waals surface area (Å²) in [5, 5.41) is 2.87. The highest BCUT2D eigenvalue weighted by Crippen LogP contribution is 2.25. The van der Waals surface area contributed by atoms with Gasteiger partial charge in [-0.05, 0) is 69.6 Å². The van der Waals surface area contributed by atoms with Crippen molar-refractivity contribution < 1.29 is 9.53 Å². The molecule has 0 saturated heterocycles. The van der Waals surface area contributed by atoms with Gasteiger partial charge in [0.05, 0.1) is 0 Å². The Morgan fingerprint density at radius 2 is 2.10 bits per heavy atom. The van der Waals surface area contributed by atoms with Crippen LogP contribution in [-0.2, 0) is 17.6 Å². The van der Waals surface area contributed by atoms with E-state index in [1.54, 1.807) is 0 Å². The Kier molecular flexibility index (Phi) is 5.41. The molecule has 0 bridgehead atoms. The number of aryl methyl sites for hydroxylation is 2. The standard InChI is InChI=1S/C16H24N2O2/c1-18(2)10-4-9-17-16(19)12-20-15-8-7-13-5-3-6-14(13)11-15/h7-8,11H,3-6,9-10,12H2,1-2H3,(H,17,19). The summed E-state index contributed by atoms with van der Waals surface area (Å²) in [6, 6.07) is 6.15. The van der Waals surface area contributed by atoms with Crippen molar-refractivity contribution in [2.24, 2.45) is 0 Å². The Labute approximate surface area is 121 Å². The zero-order valence-corrected chi connectivity index (χ0v) is 12.4. The predicted octanol–water partition coefficient (Wildman–Crippen LogP) is 1.62. The van der Waals surface area contributed by atoms with Gasteiger partial charge in [0.2, 0.25) is 0 Å². The number of amides is 1. The van der Waals surface area contributed by atoms with Gasteiger partial charge in [-0.15, -0.1) is 0 Å². The molecule has 0 unspecified atom stereocenters. The van der Waals surface area contributed by atoms with E-state index in [4.69, 9.17) is 4.74 Å². The van der Waals surface area contributed by atoms with Crippen molar-refractivity contribution in [1.82, 2.24) is 10.2 Å². The molecule has 4 heteroatoms. The number of carbonyl (C=O) groups excluding carboxylic acids is 1. The van der Waals surface area contributed by atoms with Gasteiger partial charge in [-0.2, -0.15) is 0 Å². The van der Waals surface area contributed by atoms with Crippen LogP contribution in [0, 0.1) is 0 Å². The van der Waals surface area contributed by atoms with Crippen LogP contribution in [0.2, 0.25) is 0 Å². The van der Waals surface area contributed by atoms with E-state index in [-0.39, 0.29) is 12.5 Å². The van der Waals surface area contributed by atoms with Crippen molar-refractivity contribution in [1.29, 1.82) is 0 Å². The summed E-state index contributed by atoms with van der Waals surface area (Å²) in [6.45, 7) is 1.78. The molecule has 1 aromatic rings. The normalized spacial score (nSPS) is 13.3. The monoisotopic (exact) mass is 276 g/mol. The molecule has 0 aliphatic heterocycles. The first kappa shape index (κ1) is 14.9. The molecule has 110 valence electrons. The number of benzene rings is 1. The van der Waals surface area contributed by atoms with Crippen LogP contribution in [0.5, 0.6) is 5.75 Å². The molecule has 20 heavy (non-hydrogen) atoms. The van der Waals surface area contributed by atoms with Gasteiger partial charge in [-0.25, -0.2) is 0 Å². The molecule has 4 nitrogen and oxygen atoms in total. The van der Waals surface area contributed by atoms with Gasteiger partial charge < -0.3 is 15.0 Å². The molecule has 0 saturated carbocycles. The van der Waals surface area contributed by atoms with E-state index in [2.05, 4.69) is 22.3 Å². The summed E-state index contributed by atoms with van der Waals surface area (Å²) >= 11 is 0. The molecule has 1 aliphatic carbocycles. The van der Waals surface area contributed by atoms with Crippen molar-refractivity contribution in [3.8, 4) is 5.75 Å². The summed E-state index contributed by atoms with van der Waals surface area (Å²) < 4.78 is 5.55. The lowest BCUT2D eigenvalue weighted by Crippen LogP contribution is -2.31. The zero-order valence-electron chi connectivity index (χ0n) is 12.4. The average Bonchev–Trinajstić information content (AvgIpc) is 2.88. The van der Waals surface area contributed by atoms with Gasteiger partial charge in [0.1, 0.15) is 5.75 Å². The molecule has 0 fully saturated rings. The Morgan fingerprint density at radius 1 is 1.30 bits per heavy atom. The molecule has 0 spiro atoms. The van der Waals surface area contributed by atoms with Gasteiger partial charge in [0.15, 0.2) is 6.61 Å². The molecule has 0 radical (unpaired) electrons. The highest BCUT2D eigenvalue weighted by Gasteiger charge is 2.11. The van der Waals surface area contributed by atoms with Crippen molar-refractivity contribution in [3.05, 3.63) is 29.3 Å². The minimum absolute atomic E-state index is 0.0516. The molecular formula is C16H24N2O2. The van der Waals surface area contributed by atoms with Crippen molar-refractivity contribution in [2.75, 3.05) is 33.8 Å². The molecule has 1 amide bonds. The predicted molar refractivity (Wildman–Crippen MR) is 80.1 cm³/mol. The second-order valence-electron chi connectivity index (χ2n) is 5.58. The topological polar surface area (TPSA) is 41.6 Å². The van der Waals surface area contributed by atoms with Crippen LogP contribution in [-0.4, -0.2) is 44.6 Å². The van der Waals surface area contributed by atoms with Crippen LogP contribution in [0.1, 0.15) is 24.0 Å². The SMILES string of the molecule is CN(C)CCCNC(=O)COc1ccc2c(c1)CCC2. The van der Waals surface area contributed by atoms with E-state index >= 15 is 0 Å². The molecule has 0 heterocycles. The number of hydrogen-bond donors (Lipinski definition) is 1. The van der Waals surface area contributed by atoms with Crippen LogP contribution in [0.25, 0.3) is 0 Å². The minimum Gasteiger partial charge on any atom is -0.484 e. The van der Waals surface area contributed by atoms with Crippen LogP contribution >= 0.6 is 0 Å². The third-order valence-corrected chi connectivity index (χ3v) is 3.54. The quantitative estimate of drug-likeness (QED) is 0.770. The minimum atomic E-state index is -0.0516. The molecule has 1 aromatic carbocycles. The Hall–Kier alpha value is -1.55. The maximum absolute atomic E-state index is 11.6. The Bertz CT molecular complexity index is 458. The molecular weight excluding hydrogens is 252 g/mol. The highest BCUT2D eigenvalue weighted by molar-refractivity contribution is 5.77. The number of fused-ring (bicyclic) bond motifs is 1. The lowest BCUT2D eigenvalue weighted by atomic mass is 10.1. The number of nitrogens with zero attached hydrogens (tertiary/aromatic N) is 1. The van der Waals surface area contributed by atoms with Gasteiger partial charge in [-0.1, -0.05) is 6.07 Å². The number of hydrogen-bond acceptors (Lipinski definition) is 3. The third kappa shape index (κ3) is 4.53. The first-order valence-electron chi connectivity index (χ1n) is 7.31. The van der Waals surface area contributed by atoms with Crippen LogP contribution in [0.3, 0.4) is 0 Å². The lowest BCUT2D eigenvalue weighted by molar-refractivity contribution is -0.123. The van der Waals surface area contributed by atoms with Crippen LogP contribution in [0.15, 0.2) is 18.2 Å². The Balaban J connectivity index is 1.68. The van der Waals surface area contributed by atoms with E-state index in [9.17, 15) is 4.79 Å². The van der Waals surface area contributed by atoms with E-state index in [0.717, 1.165) is 25.1 Å². The number of ether oxygens (including phenoxy) is 1. The number of carbonyl (C=O) groups is 1. The molecule has 0 atom stereocenters. The summed E-state index contributed by atoms with van der Waals surface area (Å²) in [6.07, 6.45) is 4.48. The number of nitrogens with one attached hydrogen (secondary N) is 1. The summed E-state index contributed by atoms with van der Waals surface area (Å²) in [7, 11) is 4.05. The lowest BCUT2D eigenvalue weighted by Gasteiger charge is -2.11. The first-order valence-corrected chi connectivity index (χ1v) is 7.31. The Morgan fingerprint density at radius 3 is 2.90 bits per heavy atom. The fourth-order valence-corrected chi connectivity index (χ4v) is 2.46. The molecule has 0 aromatic heterocycles. The van der Waals surface area contributed by atoms with Gasteiger partial charge in [0, 0.05) is 6.54 Å². The van der Waals surface area contributed by atoms with Crippen molar-refractivity contribution >= 4 is 5.91 Å². The van der Waals surface area contributed by atoms with Crippen molar-refractivity contribution in [2.45, 2.75) is 25.7 Å². The van der Waals surface area contributed by atoms with Crippen molar-refractivity contribution in [3.63, 3.8) is 0 Å². The molecule has 1 aliphatic rings. The van der Waals surface area contributed by atoms with Gasteiger partial charge >= 0.3 is 0 Å². The summed E-state index contributed by atoms with van der Waals surface area (Å²) in [5.41, 5.74) is 2.79. The zero-order chi connectivity index (χ0) is 14.4. The second kappa shape index (κ2) is 7.29. The summed E-state index contributed by atoms with van der Waals surface area (Å²) in [5.74, 6) is 0.748. The fourth-order valence-electron chi connectivity index (χ4n) is 2.46. The van der Waals surface area contributed by atoms with Crippen LogP contribution < -0.4 is 10.1 Å².